The van der Waals surface area contributed by atoms with Crippen LogP contribution in [0.5, 0.6) is 0 Å². The highest BCUT2D eigenvalue weighted by Gasteiger charge is 2.30. The molecule has 0 heterocycles. The Labute approximate surface area is 132 Å². The molecule has 0 bridgehead atoms. The highest BCUT2D eigenvalue weighted by molar-refractivity contribution is 5.81. The van der Waals surface area contributed by atoms with Gasteiger partial charge in [0.05, 0.1) is 5.60 Å². The fourth-order valence-corrected chi connectivity index (χ4v) is 3.03. The maximum Gasteiger partial charge on any atom is 0.225 e. The lowest BCUT2D eigenvalue weighted by Crippen LogP contribution is -2.40. The van der Waals surface area contributed by atoms with Crippen molar-refractivity contribution in [2.45, 2.75) is 80.3 Å². The van der Waals surface area contributed by atoms with E-state index in [-0.39, 0.29) is 16.9 Å². The number of carbonyl (C=O) groups is 1. The van der Waals surface area contributed by atoms with Gasteiger partial charge in [-0.3, -0.25) is 4.79 Å². The predicted octanol–water partition coefficient (Wildman–Crippen LogP) is 4.41. The van der Waals surface area contributed by atoms with E-state index in [1.807, 2.05) is 20.8 Å². The van der Waals surface area contributed by atoms with E-state index in [9.17, 15) is 4.79 Å². The second-order valence-electron chi connectivity index (χ2n) is 8.02. The zero-order chi connectivity index (χ0) is 16.7. The molecule has 0 aromatic rings. The van der Waals surface area contributed by atoms with Crippen molar-refractivity contribution in [1.29, 1.82) is 0 Å². The average molecular weight is 299 g/mol. The minimum atomic E-state index is -0.302. The Hall–Kier alpha value is -0.570. The monoisotopic (exact) mass is 299 g/mol. The molecule has 0 aliphatic heterocycles. The number of hydrogen-bond donors (Lipinski definition) is 1. The highest BCUT2D eigenvalue weighted by atomic mass is 16.5. The molecule has 0 saturated carbocycles. The van der Waals surface area contributed by atoms with Crippen LogP contribution in [0.25, 0.3) is 0 Å². The molecule has 1 amide bonds. The summed E-state index contributed by atoms with van der Waals surface area (Å²) in [5.41, 5.74) is -0.471. The summed E-state index contributed by atoms with van der Waals surface area (Å²) in [5.74, 6) is 1.42. The van der Waals surface area contributed by atoms with Gasteiger partial charge in [-0.25, -0.2) is 0 Å². The van der Waals surface area contributed by atoms with E-state index in [1.165, 1.54) is 6.42 Å². The zero-order valence-corrected chi connectivity index (χ0v) is 15.5. The van der Waals surface area contributed by atoms with E-state index in [0.29, 0.717) is 25.0 Å². The van der Waals surface area contributed by atoms with E-state index < -0.39 is 0 Å². The van der Waals surface area contributed by atoms with Crippen molar-refractivity contribution in [2.75, 3.05) is 13.2 Å². The van der Waals surface area contributed by atoms with Crippen LogP contribution >= 0.6 is 0 Å². The van der Waals surface area contributed by atoms with Crippen molar-refractivity contribution >= 4 is 5.91 Å². The first-order valence-corrected chi connectivity index (χ1v) is 8.42. The summed E-state index contributed by atoms with van der Waals surface area (Å²) in [4.78, 5) is 12.4. The smallest absolute Gasteiger partial charge is 0.225 e. The van der Waals surface area contributed by atoms with Crippen LogP contribution in [0.15, 0.2) is 0 Å². The lowest BCUT2D eigenvalue weighted by atomic mass is 9.80. The van der Waals surface area contributed by atoms with E-state index >= 15 is 0 Å². The quantitative estimate of drug-likeness (QED) is 0.649. The van der Waals surface area contributed by atoms with Crippen LogP contribution in [-0.4, -0.2) is 24.7 Å². The lowest BCUT2D eigenvalue weighted by molar-refractivity contribution is -0.130. The summed E-state index contributed by atoms with van der Waals surface area (Å²) in [6, 6.07) is 0. The molecule has 1 N–H and O–H groups in total. The molecular weight excluding hydrogens is 262 g/mol. The van der Waals surface area contributed by atoms with Gasteiger partial charge in [-0.2, -0.15) is 0 Å². The fourth-order valence-electron chi connectivity index (χ4n) is 3.03. The second kappa shape index (κ2) is 8.77. The Morgan fingerprint density at radius 1 is 1.14 bits per heavy atom. The number of carbonyl (C=O) groups excluding carboxylic acids is 1. The molecular formula is C18H37NO2. The van der Waals surface area contributed by atoms with Crippen LogP contribution < -0.4 is 5.32 Å². The van der Waals surface area contributed by atoms with Gasteiger partial charge < -0.3 is 10.1 Å². The van der Waals surface area contributed by atoms with Crippen LogP contribution in [0.1, 0.15) is 74.7 Å². The number of hydrogen-bond acceptors (Lipinski definition) is 2. The zero-order valence-electron chi connectivity index (χ0n) is 15.5. The summed E-state index contributed by atoms with van der Waals surface area (Å²) in [6.45, 7) is 18.3. The van der Waals surface area contributed by atoms with E-state index in [4.69, 9.17) is 4.74 Å². The molecule has 0 aromatic heterocycles. The molecule has 0 aliphatic carbocycles. The summed E-state index contributed by atoms with van der Waals surface area (Å²) in [5, 5.41) is 3.08. The Morgan fingerprint density at radius 3 is 2.19 bits per heavy atom. The first-order chi connectivity index (χ1) is 9.50. The molecule has 1 unspecified atom stereocenters. The van der Waals surface area contributed by atoms with Gasteiger partial charge in [-0.05, 0) is 51.9 Å². The van der Waals surface area contributed by atoms with Gasteiger partial charge in [0.1, 0.15) is 0 Å². The van der Waals surface area contributed by atoms with Crippen LogP contribution in [0.3, 0.4) is 0 Å². The summed E-state index contributed by atoms with van der Waals surface area (Å²) >= 11 is 0. The van der Waals surface area contributed by atoms with Crippen LogP contribution in [-0.2, 0) is 9.53 Å². The Morgan fingerprint density at radius 2 is 1.71 bits per heavy atom. The van der Waals surface area contributed by atoms with Crippen molar-refractivity contribution in [3.63, 3.8) is 0 Å². The van der Waals surface area contributed by atoms with Gasteiger partial charge in [0.15, 0.2) is 0 Å². The second-order valence-corrected chi connectivity index (χ2v) is 8.02. The molecule has 3 heteroatoms. The van der Waals surface area contributed by atoms with E-state index in [2.05, 4.69) is 39.9 Å². The summed E-state index contributed by atoms with van der Waals surface area (Å²) < 4.78 is 5.65. The van der Waals surface area contributed by atoms with Crippen molar-refractivity contribution in [2.24, 2.45) is 17.3 Å². The van der Waals surface area contributed by atoms with Gasteiger partial charge in [0.2, 0.25) is 5.91 Å². The van der Waals surface area contributed by atoms with Gasteiger partial charge in [0.25, 0.3) is 0 Å². The largest absolute Gasteiger partial charge is 0.376 e. The SMILES string of the molecule is CCOC(C)(C)CCNC(=O)C(C)(C)CC(C)CC(C)C. The third-order valence-corrected chi connectivity index (χ3v) is 3.89. The molecule has 1 atom stereocenters. The van der Waals surface area contributed by atoms with Gasteiger partial charge in [0, 0.05) is 18.6 Å². The summed E-state index contributed by atoms with van der Waals surface area (Å²) in [6.07, 6.45) is 2.95. The minimum absolute atomic E-state index is 0.158. The maximum absolute atomic E-state index is 12.4. The van der Waals surface area contributed by atoms with Crippen molar-refractivity contribution in [1.82, 2.24) is 5.32 Å². The topological polar surface area (TPSA) is 38.3 Å². The van der Waals surface area contributed by atoms with E-state index in [0.717, 1.165) is 12.8 Å². The minimum Gasteiger partial charge on any atom is -0.376 e. The maximum atomic E-state index is 12.4. The van der Waals surface area contributed by atoms with Gasteiger partial charge in [-0.1, -0.05) is 34.6 Å². The molecule has 0 saturated heterocycles. The van der Waals surface area contributed by atoms with Crippen molar-refractivity contribution in [3.8, 4) is 0 Å². The highest BCUT2D eigenvalue weighted by Crippen LogP contribution is 2.29. The van der Waals surface area contributed by atoms with Crippen LogP contribution in [0.2, 0.25) is 0 Å². The van der Waals surface area contributed by atoms with Crippen molar-refractivity contribution in [3.05, 3.63) is 0 Å². The predicted molar refractivity (Wildman–Crippen MR) is 90.3 cm³/mol. The number of amides is 1. The first kappa shape index (κ1) is 20.4. The van der Waals surface area contributed by atoms with E-state index in [1.54, 1.807) is 0 Å². The lowest BCUT2D eigenvalue weighted by Gasteiger charge is -2.29. The number of rotatable bonds is 10. The normalized spacial score (nSPS) is 14.3. The summed E-state index contributed by atoms with van der Waals surface area (Å²) in [7, 11) is 0. The van der Waals surface area contributed by atoms with Crippen LogP contribution in [0.4, 0.5) is 0 Å². The molecule has 0 spiro atoms. The van der Waals surface area contributed by atoms with Gasteiger partial charge in [-0.15, -0.1) is 0 Å². The third kappa shape index (κ3) is 9.13. The van der Waals surface area contributed by atoms with Crippen molar-refractivity contribution < 1.29 is 9.53 Å². The Bertz CT molecular complexity index is 308. The average Bonchev–Trinajstić information content (AvgIpc) is 2.25. The molecule has 0 radical (unpaired) electrons. The molecule has 0 aromatic carbocycles. The molecule has 0 rings (SSSR count). The Balaban J connectivity index is 4.24. The molecule has 21 heavy (non-hydrogen) atoms. The number of nitrogens with one attached hydrogen (secondary N) is 1. The molecule has 0 aliphatic rings. The Kier molecular flexibility index (Phi) is 8.53. The first-order valence-electron chi connectivity index (χ1n) is 8.42. The fraction of sp³-hybridized carbons (Fsp3) is 0.944. The van der Waals surface area contributed by atoms with Gasteiger partial charge >= 0.3 is 0 Å². The molecule has 126 valence electrons. The number of ether oxygens (including phenoxy) is 1. The van der Waals surface area contributed by atoms with Crippen LogP contribution in [0, 0.1) is 17.3 Å². The standard InChI is InChI=1S/C18H37NO2/c1-9-21-18(7,8)10-11-19-16(20)17(5,6)13-15(4)12-14(2)3/h14-15H,9-13H2,1-8H3,(H,19,20). The molecule has 0 fully saturated rings. The third-order valence-electron chi connectivity index (χ3n) is 3.89. The molecule has 3 nitrogen and oxygen atoms in total.